The molecule has 0 radical (unpaired) electrons. The second kappa shape index (κ2) is 4.73. The highest BCUT2D eigenvalue weighted by molar-refractivity contribution is 6.32. The van der Waals surface area contributed by atoms with Gasteiger partial charge in [0.15, 0.2) is 6.10 Å². The van der Waals surface area contributed by atoms with Gasteiger partial charge in [0.05, 0.1) is 0 Å². The first-order chi connectivity index (χ1) is 6.62. The van der Waals surface area contributed by atoms with Crippen LogP contribution in [0.3, 0.4) is 0 Å². The molecule has 0 unspecified atom stereocenters. The van der Waals surface area contributed by atoms with Crippen molar-refractivity contribution in [2.75, 3.05) is 0 Å². The lowest BCUT2D eigenvalue weighted by molar-refractivity contribution is -0.178. The number of aliphatic carboxylic acids is 2. The van der Waals surface area contributed by atoms with Gasteiger partial charge in [-0.05, 0) is 0 Å². The molecule has 0 aromatic rings. The number of aliphatic hydroxyl groups is 4. The normalized spacial score (nSPS) is 21.1. The first kappa shape index (κ1) is 14.1. The predicted molar refractivity (Wildman–Crippen MR) is 44.1 cm³/mol. The first-order valence-corrected chi connectivity index (χ1v) is 3.91. The molecule has 0 saturated carbocycles. The number of carboxylic acid groups (broad SMARTS) is 2. The lowest BCUT2D eigenvalue weighted by atomic mass is 10.0. The van der Waals surface area contributed by atoms with Crippen LogP contribution in [0.25, 0.3) is 0 Å². The van der Waals surface area contributed by atoms with Gasteiger partial charge in [-0.2, -0.15) is 0 Å². The van der Waals surface area contributed by atoms with Crippen molar-refractivity contribution < 1.29 is 40.2 Å². The molecule has 0 aliphatic carbocycles. The topological polar surface area (TPSA) is 156 Å². The number of hydrogen-bond acceptors (Lipinski definition) is 6. The van der Waals surface area contributed by atoms with Gasteiger partial charge in [-0.1, -0.05) is 11.6 Å². The average molecular weight is 245 g/mol. The van der Waals surface area contributed by atoms with Crippen LogP contribution in [0.4, 0.5) is 0 Å². The molecule has 0 fully saturated rings. The number of halogens is 1. The summed E-state index contributed by atoms with van der Waals surface area (Å²) in [4.78, 5) is 20.4. The molecule has 4 atom stereocenters. The van der Waals surface area contributed by atoms with E-state index in [1.54, 1.807) is 0 Å². The van der Waals surface area contributed by atoms with Crippen LogP contribution in [0.1, 0.15) is 0 Å². The molecule has 15 heavy (non-hydrogen) atoms. The number of alkyl halides is 1. The SMILES string of the molecule is O=C(O)[C@@H](O)[C@@H](O)[C@H](O)[C@](O)(Cl)C(=O)O. The summed E-state index contributed by atoms with van der Waals surface area (Å²) in [5, 5.41) is 48.8. The molecule has 8 nitrogen and oxygen atoms in total. The molecule has 0 bridgehead atoms. The molecule has 0 heterocycles. The number of carboxylic acids is 2. The van der Waals surface area contributed by atoms with Crippen molar-refractivity contribution in [1.82, 2.24) is 0 Å². The monoisotopic (exact) mass is 244 g/mol. The Kier molecular flexibility index (Phi) is 4.43. The summed E-state index contributed by atoms with van der Waals surface area (Å²) in [5.74, 6) is -3.99. The minimum Gasteiger partial charge on any atom is -0.479 e. The fraction of sp³-hybridized carbons (Fsp3) is 0.667. The van der Waals surface area contributed by atoms with Crippen molar-refractivity contribution in [3.8, 4) is 0 Å². The molecular formula is C6H9ClO8. The van der Waals surface area contributed by atoms with Gasteiger partial charge in [0, 0.05) is 0 Å². The maximum absolute atomic E-state index is 10.3. The molecule has 0 rings (SSSR count). The molecule has 0 aromatic heterocycles. The minimum atomic E-state index is -3.28. The zero-order chi connectivity index (χ0) is 12.4. The van der Waals surface area contributed by atoms with Gasteiger partial charge in [0.2, 0.25) is 0 Å². The third-order valence-corrected chi connectivity index (χ3v) is 1.98. The van der Waals surface area contributed by atoms with Crippen LogP contribution < -0.4 is 0 Å². The average Bonchev–Trinajstić information content (AvgIpc) is 2.13. The van der Waals surface area contributed by atoms with Crippen molar-refractivity contribution in [1.29, 1.82) is 0 Å². The van der Waals surface area contributed by atoms with Crippen LogP contribution in [0.2, 0.25) is 0 Å². The van der Waals surface area contributed by atoms with Crippen molar-refractivity contribution in [3.63, 3.8) is 0 Å². The predicted octanol–water partition coefficient (Wildman–Crippen LogP) is -2.83. The van der Waals surface area contributed by atoms with E-state index in [1.807, 2.05) is 0 Å². The van der Waals surface area contributed by atoms with Crippen LogP contribution in [0.15, 0.2) is 0 Å². The van der Waals surface area contributed by atoms with Gasteiger partial charge in [-0.3, -0.25) is 0 Å². The summed E-state index contributed by atoms with van der Waals surface area (Å²) < 4.78 is 0. The summed E-state index contributed by atoms with van der Waals surface area (Å²) in [7, 11) is 0. The lowest BCUT2D eigenvalue weighted by Crippen LogP contribution is -2.55. The molecule has 0 aliphatic rings. The van der Waals surface area contributed by atoms with E-state index in [4.69, 9.17) is 42.2 Å². The van der Waals surface area contributed by atoms with Crippen LogP contribution in [-0.2, 0) is 9.59 Å². The van der Waals surface area contributed by atoms with E-state index in [-0.39, 0.29) is 0 Å². The van der Waals surface area contributed by atoms with Gasteiger partial charge in [0.25, 0.3) is 5.06 Å². The Morgan fingerprint density at radius 2 is 1.53 bits per heavy atom. The zero-order valence-electron chi connectivity index (χ0n) is 7.11. The smallest absolute Gasteiger partial charge is 0.354 e. The summed E-state index contributed by atoms with van der Waals surface area (Å²) in [6, 6.07) is 0. The van der Waals surface area contributed by atoms with E-state index in [0.717, 1.165) is 0 Å². The second-order valence-electron chi connectivity index (χ2n) is 2.70. The molecule has 9 heteroatoms. The third-order valence-electron chi connectivity index (χ3n) is 1.59. The number of rotatable bonds is 5. The summed E-state index contributed by atoms with van der Waals surface area (Å²) >= 11 is 4.91. The Bertz CT molecular complexity index is 264. The Morgan fingerprint density at radius 1 is 1.13 bits per heavy atom. The molecular weight excluding hydrogens is 236 g/mol. The fourth-order valence-electron chi connectivity index (χ4n) is 0.672. The summed E-state index contributed by atoms with van der Waals surface area (Å²) in [6.45, 7) is 0. The van der Waals surface area contributed by atoms with Gasteiger partial charge < -0.3 is 30.6 Å². The van der Waals surface area contributed by atoms with Crippen LogP contribution >= 0.6 is 11.6 Å². The van der Waals surface area contributed by atoms with Crippen molar-refractivity contribution in [2.24, 2.45) is 0 Å². The van der Waals surface area contributed by atoms with E-state index >= 15 is 0 Å². The molecule has 0 spiro atoms. The summed E-state index contributed by atoms with van der Waals surface area (Å²) in [6.07, 6.45) is -7.48. The van der Waals surface area contributed by atoms with Gasteiger partial charge >= 0.3 is 11.9 Å². The van der Waals surface area contributed by atoms with E-state index in [1.165, 1.54) is 0 Å². The molecule has 0 aliphatic heterocycles. The quantitative estimate of drug-likeness (QED) is 0.283. The standard InChI is InChI=1S/C6H9ClO8/c7-6(15,5(13)14)3(10)1(8)2(9)4(11)12/h1-3,8-10,15H,(H,11,12)(H,13,14)/t1-,2+,3+,6-/m1/s1. The Labute approximate surface area is 88.0 Å². The van der Waals surface area contributed by atoms with Crippen LogP contribution in [-0.4, -0.2) is 65.9 Å². The Morgan fingerprint density at radius 3 is 1.80 bits per heavy atom. The van der Waals surface area contributed by atoms with E-state index in [2.05, 4.69) is 0 Å². The van der Waals surface area contributed by atoms with Gasteiger partial charge in [-0.25, -0.2) is 9.59 Å². The summed E-state index contributed by atoms with van der Waals surface area (Å²) in [5.41, 5.74) is 0. The van der Waals surface area contributed by atoms with Gasteiger partial charge in [0.1, 0.15) is 12.2 Å². The largest absolute Gasteiger partial charge is 0.479 e. The zero-order valence-corrected chi connectivity index (χ0v) is 7.87. The van der Waals surface area contributed by atoms with E-state index in [9.17, 15) is 9.59 Å². The minimum absolute atomic E-state index is 1.90. The van der Waals surface area contributed by atoms with Crippen molar-refractivity contribution in [3.05, 3.63) is 0 Å². The highest BCUT2D eigenvalue weighted by Crippen LogP contribution is 2.21. The molecule has 88 valence electrons. The third kappa shape index (κ3) is 3.01. The van der Waals surface area contributed by atoms with Crippen LogP contribution in [0.5, 0.6) is 0 Å². The van der Waals surface area contributed by atoms with E-state index < -0.39 is 35.3 Å². The first-order valence-electron chi connectivity index (χ1n) is 3.54. The Balaban J connectivity index is 4.78. The van der Waals surface area contributed by atoms with Crippen molar-refractivity contribution in [2.45, 2.75) is 23.4 Å². The molecule has 0 saturated heterocycles. The molecule has 6 N–H and O–H groups in total. The highest BCUT2D eigenvalue weighted by Gasteiger charge is 2.48. The molecule has 0 amide bonds. The maximum Gasteiger partial charge on any atom is 0.354 e. The number of aliphatic hydroxyl groups excluding tert-OH is 3. The second-order valence-corrected chi connectivity index (χ2v) is 3.27. The number of carbonyl (C=O) groups is 2. The van der Waals surface area contributed by atoms with Gasteiger partial charge in [-0.15, -0.1) is 0 Å². The maximum atomic E-state index is 10.3. The lowest BCUT2D eigenvalue weighted by Gasteiger charge is -2.27. The number of hydrogen-bond donors (Lipinski definition) is 6. The molecule has 0 aromatic carbocycles. The van der Waals surface area contributed by atoms with Crippen LogP contribution in [0, 0.1) is 0 Å². The van der Waals surface area contributed by atoms with E-state index in [0.29, 0.717) is 0 Å². The highest BCUT2D eigenvalue weighted by atomic mass is 35.5. The fourth-order valence-corrected chi connectivity index (χ4v) is 0.801. The van der Waals surface area contributed by atoms with Crippen molar-refractivity contribution >= 4 is 23.5 Å². The Hall–Kier alpha value is -0.930.